The Hall–Kier alpha value is -1.88. The number of likely N-dealkylation sites (tertiary alicyclic amines) is 1. The largest absolute Gasteiger partial charge is 0.353 e. The molecule has 0 amide bonds. The molecule has 128 valence electrons. The van der Waals surface area contributed by atoms with Crippen LogP contribution in [-0.2, 0) is 0 Å². The van der Waals surface area contributed by atoms with Crippen LogP contribution in [0.2, 0.25) is 0 Å². The first-order valence-corrected chi connectivity index (χ1v) is 9.26. The Kier molecular flexibility index (Phi) is 4.52. The summed E-state index contributed by atoms with van der Waals surface area (Å²) in [5.41, 5.74) is 0.684. The van der Waals surface area contributed by atoms with Gasteiger partial charge in [0.15, 0.2) is 0 Å². The quantitative estimate of drug-likeness (QED) is 0.907. The maximum atomic E-state index is 12.1. The van der Waals surface area contributed by atoms with E-state index in [-0.39, 0.29) is 5.56 Å². The predicted octanol–water partition coefficient (Wildman–Crippen LogP) is 2.99. The monoisotopic (exact) mass is 326 g/mol. The molecule has 1 aliphatic heterocycles. The van der Waals surface area contributed by atoms with Crippen LogP contribution in [0.15, 0.2) is 29.1 Å². The van der Waals surface area contributed by atoms with Crippen molar-refractivity contribution in [2.45, 2.75) is 44.6 Å². The average Bonchev–Trinajstić information content (AvgIpc) is 3.10. The molecule has 1 saturated heterocycles. The molecule has 0 unspecified atom stereocenters. The first kappa shape index (κ1) is 15.6. The molecule has 2 heterocycles. The zero-order chi connectivity index (χ0) is 16.4. The van der Waals surface area contributed by atoms with E-state index in [4.69, 9.17) is 0 Å². The summed E-state index contributed by atoms with van der Waals surface area (Å²) in [4.78, 5) is 22.2. The van der Waals surface area contributed by atoms with Gasteiger partial charge < -0.3 is 10.2 Å². The van der Waals surface area contributed by atoms with Gasteiger partial charge in [0.25, 0.3) is 5.56 Å². The average molecular weight is 326 g/mol. The minimum atomic E-state index is -0.0678. The maximum Gasteiger partial charge on any atom is 0.260 e. The van der Waals surface area contributed by atoms with Crippen LogP contribution < -0.4 is 10.9 Å². The topological polar surface area (TPSA) is 61.0 Å². The smallest absolute Gasteiger partial charge is 0.260 e. The van der Waals surface area contributed by atoms with Crippen molar-refractivity contribution in [2.24, 2.45) is 5.92 Å². The molecule has 2 N–H and O–H groups in total. The molecule has 1 aromatic heterocycles. The second-order valence-electron chi connectivity index (χ2n) is 7.30. The lowest BCUT2D eigenvalue weighted by atomic mass is 10.0. The summed E-state index contributed by atoms with van der Waals surface area (Å²) in [6.07, 6.45) is 7.90. The predicted molar refractivity (Wildman–Crippen MR) is 97.4 cm³/mol. The highest BCUT2D eigenvalue weighted by Crippen LogP contribution is 2.26. The van der Waals surface area contributed by atoms with Gasteiger partial charge in [-0.3, -0.25) is 9.78 Å². The van der Waals surface area contributed by atoms with Gasteiger partial charge in [0.1, 0.15) is 0 Å². The number of hydrogen-bond acceptors (Lipinski definition) is 4. The van der Waals surface area contributed by atoms with Crippen molar-refractivity contribution >= 4 is 16.9 Å². The summed E-state index contributed by atoms with van der Waals surface area (Å²) in [5, 5.41) is 4.08. The Balaban J connectivity index is 1.36. The molecule has 0 spiro atoms. The lowest BCUT2D eigenvalue weighted by Gasteiger charge is -2.33. The van der Waals surface area contributed by atoms with E-state index in [0.717, 1.165) is 37.4 Å². The number of piperidine rings is 1. The van der Waals surface area contributed by atoms with Gasteiger partial charge in [-0.25, -0.2) is 4.98 Å². The number of aromatic nitrogens is 2. The van der Waals surface area contributed by atoms with E-state index in [1.54, 1.807) is 0 Å². The van der Waals surface area contributed by atoms with Crippen LogP contribution in [0.25, 0.3) is 10.9 Å². The van der Waals surface area contributed by atoms with Crippen molar-refractivity contribution in [2.75, 3.05) is 25.0 Å². The second-order valence-corrected chi connectivity index (χ2v) is 7.30. The van der Waals surface area contributed by atoms with Crippen LogP contribution in [0.1, 0.15) is 38.5 Å². The number of aromatic amines is 1. The fraction of sp³-hybridized carbons (Fsp3) is 0.579. The van der Waals surface area contributed by atoms with Gasteiger partial charge >= 0.3 is 0 Å². The summed E-state index contributed by atoms with van der Waals surface area (Å²) in [5.74, 6) is 1.53. The molecule has 1 saturated carbocycles. The third-order valence-electron chi connectivity index (χ3n) is 5.53. The summed E-state index contributed by atoms with van der Waals surface area (Å²) in [7, 11) is 0. The molecule has 2 fully saturated rings. The van der Waals surface area contributed by atoms with Crippen molar-refractivity contribution in [1.29, 1.82) is 0 Å². The lowest BCUT2D eigenvalue weighted by Crippen LogP contribution is -2.41. The highest BCUT2D eigenvalue weighted by atomic mass is 16.1. The third kappa shape index (κ3) is 3.46. The Morgan fingerprint density at radius 3 is 2.67 bits per heavy atom. The number of rotatable bonds is 4. The number of H-pyrrole nitrogens is 1. The lowest BCUT2D eigenvalue weighted by molar-refractivity contribution is 0.189. The number of fused-ring (bicyclic) bond motifs is 1. The van der Waals surface area contributed by atoms with Gasteiger partial charge in [-0.2, -0.15) is 0 Å². The molecule has 1 aromatic carbocycles. The summed E-state index contributed by atoms with van der Waals surface area (Å²) < 4.78 is 0. The first-order chi connectivity index (χ1) is 11.8. The van der Waals surface area contributed by atoms with Gasteiger partial charge in [0.2, 0.25) is 5.95 Å². The zero-order valence-corrected chi connectivity index (χ0v) is 14.1. The highest BCUT2D eigenvalue weighted by molar-refractivity contribution is 5.78. The molecule has 5 nitrogen and oxygen atoms in total. The molecule has 2 aromatic rings. The molecule has 24 heavy (non-hydrogen) atoms. The second kappa shape index (κ2) is 6.93. The van der Waals surface area contributed by atoms with Crippen LogP contribution in [0, 0.1) is 5.92 Å². The third-order valence-corrected chi connectivity index (χ3v) is 5.53. The van der Waals surface area contributed by atoms with Crippen molar-refractivity contribution < 1.29 is 0 Å². The van der Waals surface area contributed by atoms with E-state index >= 15 is 0 Å². The van der Waals surface area contributed by atoms with E-state index in [9.17, 15) is 4.79 Å². The molecule has 0 atom stereocenters. The van der Waals surface area contributed by atoms with E-state index in [1.807, 2.05) is 24.3 Å². The van der Waals surface area contributed by atoms with Crippen molar-refractivity contribution in [3.8, 4) is 0 Å². The molecule has 0 bridgehead atoms. The van der Waals surface area contributed by atoms with Gasteiger partial charge in [-0.15, -0.1) is 0 Å². The van der Waals surface area contributed by atoms with Gasteiger partial charge in [0.05, 0.1) is 10.9 Å². The van der Waals surface area contributed by atoms with E-state index in [1.165, 1.54) is 32.2 Å². The van der Waals surface area contributed by atoms with Gasteiger partial charge in [-0.05, 0) is 43.7 Å². The normalized spacial score (nSPS) is 20.7. The molecule has 5 heteroatoms. The fourth-order valence-corrected chi connectivity index (χ4v) is 4.17. The van der Waals surface area contributed by atoms with E-state index in [0.29, 0.717) is 17.4 Å². The maximum absolute atomic E-state index is 12.1. The Bertz CT molecular complexity index is 742. The summed E-state index contributed by atoms with van der Waals surface area (Å²) in [6.45, 7) is 3.57. The van der Waals surface area contributed by atoms with Gasteiger partial charge in [0, 0.05) is 25.7 Å². The SMILES string of the molecule is O=c1[nH]c(NC2CCN(CC3CCCC3)CC2)nc2ccccc12. The summed E-state index contributed by atoms with van der Waals surface area (Å²) in [6, 6.07) is 7.88. The van der Waals surface area contributed by atoms with Crippen LogP contribution in [0.4, 0.5) is 5.95 Å². The molecule has 1 aliphatic carbocycles. The number of anilines is 1. The van der Waals surface area contributed by atoms with Gasteiger partial charge in [-0.1, -0.05) is 25.0 Å². The van der Waals surface area contributed by atoms with Crippen molar-refractivity contribution in [3.63, 3.8) is 0 Å². The van der Waals surface area contributed by atoms with E-state index < -0.39 is 0 Å². The molecule has 0 radical (unpaired) electrons. The Morgan fingerprint density at radius 1 is 1.12 bits per heavy atom. The summed E-state index contributed by atoms with van der Waals surface area (Å²) >= 11 is 0. The first-order valence-electron chi connectivity index (χ1n) is 9.26. The highest BCUT2D eigenvalue weighted by Gasteiger charge is 2.23. The molecule has 2 aliphatic rings. The molecular weight excluding hydrogens is 300 g/mol. The van der Waals surface area contributed by atoms with Crippen LogP contribution in [-0.4, -0.2) is 40.5 Å². The standard InChI is InChI=1S/C19H26N4O/c24-18-16-7-3-4-8-17(16)21-19(22-18)20-15-9-11-23(12-10-15)13-14-5-1-2-6-14/h3-4,7-8,14-15H,1-2,5-6,9-13H2,(H2,20,21,22,24). The molecule has 4 rings (SSSR count). The Labute approximate surface area is 142 Å². The van der Waals surface area contributed by atoms with Crippen LogP contribution in [0.5, 0.6) is 0 Å². The number of nitrogens with zero attached hydrogens (tertiary/aromatic N) is 2. The molecular formula is C19H26N4O. The Morgan fingerprint density at radius 2 is 1.88 bits per heavy atom. The minimum absolute atomic E-state index is 0.0678. The number of hydrogen-bond donors (Lipinski definition) is 2. The zero-order valence-electron chi connectivity index (χ0n) is 14.1. The number of benzene rings is 1. The number of nitrogens with one attached hydrogen (secondary N) is 2. The number of para-hydroxylation sites is 1. The van der Waals surface area contributed by atoms with Crippen molar-refractivity contribution in [1.82, 2.24) is 14.9 Å². The van der Waals surface area contributed by atoms with Crippen molar-refractivity contribution in [3.05, 3.63) is 34.6 Å². The fourth-order valence-electron chi connectivity index (χ4n) is 4.17. The van der Waals surface area contributed by atoms with Crippen LogP contribution >= 0.6 is 0 Å². The van der Waals surface area contributed by atoms with Crippen LogP contribution in [0.3, 0.4) is 0 Å². The minimum Gasteiger partial charge on any atom is -0.353 e. The van der Waals surface area contributed by atoms with E-state index in [2.05, 4.69) is 20.2 Å².